The van der Waals surface area contributed by atoms with E-state index in [-0.39, 0.29) is 12.6 Å². The van der Waals surface area contributed by atoms with E-state index in [1.165, 1.54) is 12.8 Å². The molecule has 0 amide bonds. The first-order valence-electron chi connectivity index (χ1n) is 8.62. The molecule has 0 N–H and O–H groups in total. The van der Waals surface area contributed by atoms with Crippen molar-refractivity contribution in [3.05, 3.63) is 30.0 Å². The Morgan fingerprint density at radius 2 is 2.00 bits per heavy atom. The molecule has 0 spiro atoms. The van der Waals surface area contributed by atoms with Crippen molar-refractivity contribution < 1.29 is 13.9 Å². The summed E-state index contributed by atoms with van der Waals surface area (Å²) in [6.07, 6.45) is 4.10. The maximum atomic E-state index is 12.7. The van der Waals surface area contributed by atoms with E-state index in [9.17, 15) is 9.18 Å². The summed E-state index contributed by atoms with van der Waals surface area (Å²) in [5, 5.41) is 5.03. The number of fused-ring (bicyclic) bond motifs is 3. The number of aromatic nitrogens is 2. The number of ether oxygens (including phenoxy) is 1. The number of nitrogens with zero attached hydrogens (tertiary/aromatic N) is 3. The normalized spacial score (nSPS) is 26.8. The van der Waals surface area contributed by atoms with Crippen LogP contribution in [0.15, 0.2) is 24.3 Å². The number of para-hydroxylation sites is 1. The van der Waals surface area contributed by atoms with E-state index in [1.54, 1.807) is 4.68 Å². The summed E-state index contributed by atoms with van der Waals surface area (Å²) in [7, 11) is 2.16. The minimum Gasteiger partial charge on any atom is -0.457 e. The molecule has 0 radical (unpaired) electrons. The maximum Gasteiger partial charge on any atom is 0.359 e. The third-order valence-corrected chi connectivity index (χ3v) is 5.48. The topological polar surface area (TPSA) is 47.4 Å². The highest BCUT2D eigenvalue weighted by molar-refractivity contribution is 6.02. The SMILES string of the molecule is CN1[C@@H]2CC[C@H]1CC(OC(=O)c1nn(CCF)c3ccccc13)C2. The minimum absolute atomic E-state index is 0.0451. The number of halogens is 1. The lowest BCUT2D eigenvalue weighted by atomic mass is 10.0. The van der Waals surface area contributed by atoms with Crippen molar-refractivity contribution in [2.75, 3.05) is 13.7 Å². The largest absolute Gasteiger partial charge is 0.457 e. The Morgan fingerprint density at radius 1 is 1.29 bits per heavy atom. The molecule has 2 aliphatic heterocycles. The summed E-state index contributed by atoms with van der Waals surface area (Å²) < 4.78 is 20.1. The van der Waals surface area contributed by atoms with E-state index in [1.807, 2.05) is 24.3 Å². The van der Waals surface area contributed by atoms with Crippen molar-refractivity contribution >= 4 is 16.9 Å². The number of rotatable bonds is 4. The summed E-state index contributed by atoms with van der Waals surface area (Å²) in [6, 6.07) is 8.44. The molecule has 2 fully saturated rings. The van der Waals surface area contributed by atoms with Gasteiger partial charge in [-0.25, -0.2) is 9.18 Å². The number of alkyl halides is 1. The number of piperidine rings is 1. The number of esters is 1. The highest BCUT2D eigenvalue weighted by atomic mass is 19.1. The van der Waals surface area contributed by atoms with Gasteiger partial charge in [-0.1, -0.05) is 18.2 Å². The zero-order chi connectivity index (χ0) is 16.7. The van der Waals surface area contributed by atoms with Crippen molar-refractivity contribution in [3.63, 3.8) is 0 Å². The van der Waals surface area contributed by atoms with Gasteiger partial charge in [0.1, 0.15) is 12.8 Å². The van der Waals surface area contributed by atoms with Crippen LogP contribution in [0.3, 0.4) is 0 Å². The first kappa shape index (κ1) is 15.6. The van der Waals surface area contributed by atoms with Crippen molar-refractivity contribution in [3.8, 4) is 0 Å². The van der Waals surface area contributed by atoms with Crippen LogP contribution in [0.5, 0.6) is 0 Å². The molecule has 3 atom stereocenters. The van der Waals surface area contributed by atoms with Crippen LogP contribution in [0.2, 0.25) is 0 Å². The van der Waals surface area contributed by atoms with Crippen LogP contribution in [0, 0.1) is 0 Å². The van der Waals surface area contributed by atoms with Crippen molar-refractivity contribution in [1.29, 1.82) is 0 Å². The van der Waals surface area contributed by atoms with Gasteiger partial charge >= 0.3 is 5.97 Å². The second-order valence-corrected chi connectivity index (χ2v) is 6.83. The molecule has 24 heavy (non-hydrogen) atoms. The third-order valence-electron chi connectivity index (χ3n) is 5.48. The van der Waals surface area contributed by atoms with Crippen LogP contribution >= 0.6 is 0 Å². The van der Waals surface area contributed by atoms with Crippen molar-refractivity contribution in [2.45, 2.75) is 50.4 Å². The molecule has 2 aliphatic rings. The zero-order valence-corrected chi connectivity index (χ0v) is 13.8. The number of carbonyl (C=O) groups excluding carboxylic acids is 1. The lowest BCUT2D eigenvalue weighted by Gasteiger charge is -2.35. The van der Waals surface area contributed by atoms with Gasteiger partial charge in [-0.2, -0.15) is 5.10 Å². The van der Waals surface area contributed by atoms with E-state index in [2.05, 4.69) is 17.0 Å². The molecular weight excluding hydrogens is 309 g/mol. The Bertz CT molecular complexity index is 746. The quantitative estimate of drug-likeness (QED) is 0.808. The summed E-state index contributed by atoms with van der Waals surface area (Å²) in [5.41, 5.74) is 1.07. The van der Waals surface area contributed by atoms with E-state index in [4.69, 9.17) is 4.74 Å². The van der Waals surface area contributed by atoms with Gasteiger partial charge in [0.15, 0.2) is 5.69 Å². The van der Waals surface area contributed by atoms with Crippen LogP contribution < -0.4 is 0 Å². The Labute approximate surface area is 140 Å². The first-order chi connectivity index (χ1) is 11.7. The fraction of sp³-hybridized carbons (Fsp3) is 0.556. The lowest BCUT2D eigenvalue weighted by molar-refractivity contribution is -0.000891. The average Bonchev–Trinajstić information content (AvgIpc) is 3.02. The van der Waals surface area contributed by atoms with E-state index in [0.29, 0.717) is 17.8 Å². The fourth-order valence-electron chi connectivity index (χ4n) is 4.19. The average molecular weight is 331 g/mol. The second kappa shape index (κ2) is 6.16. The summed E-state index contributed by atoms with van der Waals surface area (Å²) in [4.78, 5) is 15.1. The molecule has 1 aromatic carbocycles. The molecule has 4 rings (SSSR count). The first-order valence-corrected chi connectivity index (χ1v) is 8.62. The molecule has 128 valence electrons. The Morgan fingerprint density at radius 3 is 2.71 bits per heavy atom. The fourth-order valence-corrected chi connectivity index (χ4v) is 4.19. The van der Waals surface area contributed by atoms with Gasteiger partial charge in [0.2, 0.25) is 0 Å². The van der Waals surface area contributed by atoms with Gasteiger partial charge in [-0.05, 0) is 26.0 Å². The lowest BCUT2D eigenvalue weighted by Crippen LogP contribution is -2.43. The van der Waals surface area contributed by atoms with Crippen LogP contribution in [0.1, 0.15) is 36.2 Å². The standard InChI is InChI=1S/C18H22FN3O2/c1-21-12-6-7-13(21)11-14(10-12)24-18(23)17-15-4-2-3-5-16(15)22(20-17)9-8-19/h2-5,12-14H,6-11H2,1H3/t12-,13+,14?. The summed E-state index contributed by atoms with van der Waals surface area (Å²) in [6.45, 7) is -0.370. The Balaban J connectivity index is 1.56. The van der Waals surface area contributed by atoms with Gasteiger partial charge < -0.3 is 9.64 Å². The third kappa shape index (κ3) is 2.59. The van der Waals surface area contributed by atoms with Gasteiger partial charge in [-0.3, -0.25) is 4.68 Å². The van der Waals surface area contributed by atoms with Crippen LogP contribution in [-0.4, -0.2) is 52.6 Å². The monoisotopic (exact) mass is 331 g/mol. The number of hydrogen-bond acceptors (Lipinski definition) is 4. The molecule has 5 nitrogen and oxygen atoms in total. The van der Waals surface area contributed by atoms with Gasteiger partial charge in [0.25, 0.3) is 0 Å². The Kier molecular flexibility index (Phi) is 4.00. The van der Waals surface area contributed by atoms with E-state index in [0.717, 1.165) is 23.7 Å². The van der Waals surface area contributed by atoms with Crippen LogP contribution in [0.25, 0.3) is 10.9 Å². The van der Waals surface area contributed by atoms with E-state index < -0.39 is 12.6 Å². The smallest absolute Gasteiger partial charge is 0.359 e. The van der Waals surface area contributed by atoms with Crippen LogP contribution in [-0.2, 0) is 11.3 Å². The molecular formula is C18H22FN3O2. The predicted octanol–water partition coefficient (Wildman–Crippen LogP) is 2.79. The minimum atomic E-state index is -0.515. The maximum absolute atomic E-state index is 12.7. The van der Waals surface area contributed by atoms with Gasteiger partial charge in [0.05, 0.1) is 12.1 Å². The molecule has 6 heteroatoms. The molecule has 2 saturated heterocycles. The van der Waals surface area contributed by atoms with Crippen molar-refractivity contribution in [2.24, 2.45) is 0 Å². The number of aryl methyl sites for hydroxylation is 1. The Hall–Kier alpha value is -1.95. The highest BCUT2D eigenvalue weighted by Crippen LogP contribution is 2.35. The number of benzene rings is 1. The second-order valence-electron chi connectivity index (χ2n) is 6.83. The van der Waals surface area contributed by atoms with Crippen molar-refractivity contribution in [1.82, 2.24) is 14.7 Å². The predicted molar refractivity (Wildman–Crippen MR) is 88.7 cm³/mol. The molecule has 0 saturated carbocycles. The highest BCUT2D eigenvalue weighted by Gasteiger charge is 2.40. The molecule has 0 aliphatic carbocycles. The summed E-state index contributed by atoms with van der Waals surface area (Å²) in [5.74, 6) is -0.391. The van der Waals surface area contributed by atoms with E-state index >= 15 is 0 Å². The number of carbonyl (C=O) groups is 1. The molecule has 3 heterocycles. The van der Waals surface area contributed by atoms with Gasteiger partial charge in [-0.15, -0.1) is 0 Å². The molecule has 1 unspecified atom stereocenters. The molecule has 2 bridgehead atoms. The molecule has 2 aromatic rings. The van der Waals surface area contributed by atoms with Gasteiger partial charge in [0, 0.05) is 30.3 Å². The molecule has 1 aromatic heterocycles. The van der Waals surface area contributed by atoms with Crippen LogP contribution in [0.4, 0.5) is 4.39 Å². The number of hydrogen-bond donors (Lipinski definition) is 0. The summed E-state index contributed by atoms with van der Waals surface area (Å²) >= 11 is 0. The zero-order valence-electron chi connectivity index (χ0n) is 13.8.